The molecule has 0 saturated carbocycles. The van der Waals surface area contributed by atoms with Crippen LogP contribution in [0.15, 0.2) is 24.3 Å². The summed E-state index contributed by atoms with van der Waals surface area (Å²) >= 11 is 0.837. The molecule has 0 bridgehead atoms. The highest BCUT2D eigenvalue weighted by Gasteiger charge is 2.22. The lowest BCUT2D eigenvalue weighted by Gasteiger charge is -2.14. The van der Waals surface area contributed by atoms with Crippen LogP contribution in [0.3, 0.4) is 0 Å². The van der Waals surface area contributed by atoms with Gasteiger partial charge in [-0.3, -0.25) is 9.59 Å². The van der Waals surface area contributed by atoms with Crippen LogP contribution in [0.4, 0.5) is 5.13 Å². The molecule has 1 atom stereocenters. The number of ether oxygens (including phenoxy) is 1. The molecule has 2 rings (SSSR count). The van der Waals surface area contributed by atoms with E-state index in [2.05, 4.69) is 10.3 Å². The lowest BCUT2D eigenvalue weighted by atomic mass is 9.95. The van der Waals surface area contributed by atoms with Crippen LogP contribution in [0.5, 0.6) is 11.6 Å². The molecule has 1 unspecified atom stereocenters. The number of nitrogens with zero attached hydrogens (tertiary/aromatic N) is 1. The first-order valence-corrected chi connectivity index (χ1v) is 7.72. The summed E-state index contributed by atoms with van der Waals surface area (Å²) < 4.78 is 5.10. The number of nitrogens with two attached hydrogens (primary N) is 1. The average Bonchev–Trinajstić information content (AvgIpc) is 2.89. The van der Waals surface area contributed by atoms with Gasteiger partial charge in [0.25, 0.3) is 5.91 Å². The van der Waals surface area contributed by atoms with Gasteiger partial charge >= 0.3 is 0 Å². The van der Waals surface area contributed by atoms with Crippen molar-refractivity contribution in [1.29, 1.82) is 0 Å². The highest BCUT2D eigenvalue weighted by atomic mass is 32.1. The Morgan fingerprint density at radius 2 is 2.04 bits per heavy atom. The van der Waals surface area contributed by atoms with Crippen LogP contribution < -0.4 is 15.8 Å². The quantitative estimate of drug-likeness (QED) is 0.748. The Hall–Kier alpha value is -2.61. The molecule has 0 fully saturated rings. The van der Waals surface area contributed by atoms with Crippen LogP contribution in [0.1, 0.15) is 34.5 Å². The van der Waals surface area contributed by atoms with Crippen LogP contribution in [0.2, 0.25) is 0 Å². The highest BCUT2D eigenvalue weighted by molar-refractivity contribution is 7.18. The average molecular weight is 335 g/mol. The number of nitrogens with one attached hydrogen (secondary N) is 1. The van der Waals surface area contributed by atoms with Gasteiger partial charge in [0.05, 0.1) is 13.0 Å². The third kappa shape index (κ3) is 3.78. The third-order valence-electron chi connectivity index (χ3n) is 3.31. The highest BCUT2D eigenvalue weighted by Crippen LogP contribution is 2.29. The Morgan fingerprint density at radius 1 is 1.39 bits per heavy atom. The van der Waals surface area contributed by atoms with E-state index in [0.29, 0.717) is 12.2 Å². The first-order chi connectivity index (χ1) is 11.0. The van der Waals surface area contributed by atoms with E-state index in [0.717, 1.165) is 16.9 Å². The first kappa shape index (κ1) is 16.8. The van der Waals surface area contributed by atoms with Crippen molar-refractivity contribution in [3.63, 3.8) is 0 Å². The molecule has 2 aromatic rings. The largest absolute Gasteiger partial charge is 0.497 e. The number of hydrogen-bond acceptors (Lipinski definition) is 6. The van der Waals surface area contributed by atoms with E-state index in [9.17, 15) is 14.7 Å². The van der Waals surface area contributed by atoms with E-state index in [-0.39, 0.29) is 21.8 Å². The molecule has 0 spiro atoms. The fraction of sp³-hybridized carbons (Fsp3) is 0.267. The fourth-order valence-corrected chi connectivity index (χ4v) is 2.84. The molecule has 0 aliphatic rings. The number of hydrogen-bond donors (Lipinski definition) is 3. The summed E-state index contributed by atoms with van der Waals surface area (Å²) in [5, 5.41) is 12.3. The Balaban J connectivity index is 2.16. The van der Waals surface area contributed by atoms with Crippen LogP contribution >= 0.6 is 11.3 Å². The van der Waals surface area contributed by atoms with Gasteiger partial charge in [0, 0.05) is 0 Å². The number of thiazole rings is 1. The van der Waals surface area contributed by atoms with Crippen LogP contribution in [-0.2, 0) is 4.79 Å². The molecule has 0 aliphatic heterocycles. The Kier molecular flexibility index (Phi) is 5.17. The lowest BCUT2D eigenvalue weighted by Crippen LogP contribution is -2.20. The number of methoxy groups -OCH3 is 1. The summed E-state index contributed by atoms with van der Waals surface area (Å²) in [6.45, 7) is 1.89. The number of anilines is 1. The topological polar surface area (TPSA) is 115 Å². The maximum atomic E-state index is 12.4. The van der Waals surface area contributed by atoms with Crippen LogP contribution in [-0.4, -0.2) is 29.0 Å². The second-order valence-electron chi connectivity index (χ2n) is 4.76. The molecule has 23 heavy (non-hydrogen) atoms. The first-order valence-electron chi connectivity index (χ1n) is 6.90. The molecule has 0 saturated heterocycles. The standard InChI is InChI=1S/C15H17N3O4S/c1-3-10(8-4-6-9(22-2)7-5-8)13(20)17-15-18-14(21)11(23-15)12(16)19/h4-7,10,21H,3H2,1-2H3,(H2,16,19)(H,17,18,20). The predicted octanol–water partition coefficient (Wildman–Crippen LogP) is 2.09. The van der Waals surface area contributed by atoms with Crippen molar-refractivity contribution in [1.82, 2.24) is 4.98 Å². The van der Waals surface area contributed by atoms with E-state index in [1.807, 2.05) is 19.1 Å². The van der Waals surface area contributed by atoms with E-state index in [4.69, 9.17) is 10.5 Å². The Bertz CT molecular complexity index is 712. The minimum absolute atomic E-state index is 0.0854. The molecule has 4 N–H and O–H groups in total. The van der Waals surface area contributed by atoms with Crippen molar-refractivity contribution in [3.8, 4) is 11.6 Å². The van der Waals surface area contributed by atoms with Gasteiger partial charge in [-0.15, -0.1) is 0 Å². The maximum Gasteiger partial charge on any atom is 0.264 e. The number of carbonyl (C=O) groups excluding carboxylic acids is 2. The van der Waals surface area contributed by atoms with Gasteiger partial charge in [0.2, 0.25) is 11.8 Å². The predicted molar refractivity (Wildman–Crippen MR) is 87.0 cm³/mol. The number of primary amides is 1. The second-order valence-corrected chi connectivity index (χ2v) is 5.76. The number of carbonyl (C=O) groups is 2. The molecule has 1 heterocycles. The summed E-state index contributed by atoms with van der Waals surface area (Å²) in [7, 11) is 1.57. The van der Waals surface area contributed by atoms with E-state index in [1.165, 1.54) is 0 Å². The summed E-state index contributed by atoms with van der Waals surface area (Å²) in [5.41, 5.74) is 5.94. The van der Waals surface area contributed by atoms with Crippen molar-refractivity contribution >= 4 is 28.3 Å². The second kappa shape index (κ2) is 7.10. The van der Waals surface area contributed by atoms with Crippen molar-refractivity contribution < 1.29 is 19.4 Å². The summed E-state index contributed by atoms with van der Waals surface area (Å²) in [4.78, 5) is 27.2. The van der Waals surface area contributed by atoms with E-state index < -0.39 is 11.8 Å². The lowest BCUT2D eigenvalue weighted by molar-refractivity contribution is -0.117. The zero-order chi connectivity index (χ0) is 17.0. The molecule has 122 valence electrons. The van der Waals surface area contributed by atoms with Gasteiger partial charge in [-0.1, -0.05) is 30.4 Å². The molecule has 2 amide bonds. The Labute approximate surface area is 137 Å². The zero-order valence-electron chi connectivity index (χ0n) is 12.7. The molecule has 0 radical (unpaired) electrons. The Morgan fingerprint density at radius 3 is 2.52 bits per heavy atom. The van der Waals surface area contributed by atoms with Crippen LogP contribution in [0.25, 0.3) is 0 Å². The number of rotatable bonds is 6. The van der Waals surface area contributed by atoms with Crippen molar-refractivity contribution in [2.45, 2.75) is 19.3 Å². The normalized spacial score (nSPS) is 11.7. The molecule has 1 aromatic heterocycles. The van der Waals surface area contributed by atoms with Crippen molar-refractivity contribution in [2.75, 3.05) is 12.4 Å². The minimum atomic E-state index is -0.789. The number of aromatic nitrogens is 1. The van der Waals surface area contributed by atoms with Crippen molar-refractivity contribution in [2.24, 2.45) is 5.73 Å². The smallest absolute Gasteiger partial charge is 0.264 e. The van der Waals surface area contributed by atoms with Gasteiger partial charge in [0.15, 0.2) is 10.0 Å². The van der Waals surface area contributed by atoms with Gasteiger partial charge in [0.1, 0.15) is 5.75 Å². The van der Waals surface area contributed by atoms with Gasteiger partial charge in [-0.25, -0.2) is 0 Å². The molecule has 0 aliphatic carbocycles. The molecule has 8 heteroatoms. The summed E-state index contributed by atoms with van der Waals surface area (Å²) in [5.74, 6) is -1.22. The maximum absolute atomic E-state index is 12.4. The number of benzene rings is 1. The zero-order valence-corrected chi connectivity index (χ0v) is 13.5. The molecule has 1 aromatic carbocycles. The number of aromatic hydroxyl groups is 1. The van der Waals surface area contributed by atoms with Gasteiger partial charge in [-0.05, 0) is 24.1 Å². The number of amides is 2. The third-order valence-corrected chi connectivity index (χ3v) is 4.28. The molecular weight excluding hydrogens is 318 g/mol. The monoisotopic (exact) mass is 335 g/mol. The van der Waals surface area contributed by atoms with Crippen LogP contribution in [0, 0.1) is 0 Å². The van der Waals surface area contributed by atoms with Gasteiger partial charge in [-0.2, -0.15) is 4.98 Å². The molecule has 7 nitrogen and oxygen atoms in total. The molecular formula is C15H17N3O4S. The summed E-state index contributed by atoms with van der Waals surface area (Å²) in [6, 6.07) is 7.21. The van der Waals surface area contributed by atoms with Gasteiger partial charge < -0.3 is 20.9 Å². The van der Waals surface area contributed by atoms with Crippen molar-refractivity contribution in [3.05, 3.63) is 34.7 Å². The minimum Gasteiger partial charge on any atom is -0.497 e. The van der Waals surface area contributed by atoms with E-state index in [1.54, 1.807) is 19.2 Å². The summed E-state index contributed by atoms with van der Waals surface area (Å²) in [6.07, 6.45) is 0.582. The fourth-order valence-electron chi connectivity index (χ4n) is 2.13. The SMILES string of the molecule is CCC(C(=O)Nc1nc(O)c(C(N)=O)s1)c1ccc(OC)cc1. The van der Waals surface area contributed by atoms with E-state index >= 15 is 0 Å².